The Hall–Kier alpha value is -1.88. The van der Waals surface area contributed by atoms with E-state index in [0.29, 0.717) is 4.99 Å². The second kappa shape index (κ2) is 4.55. The van der Waals surface area contributed by atoms with E-state index < -0.39 is 0 Å². The third-order valence-corrected chi connectivity index (χ3v) is 2.73. The fourth-order valence-corrected chi connectivity index (χ4v) is 1.73. The number of hydrogen-bond acceptors (Lipinski definition) is 3. The van der Waals surface area contributed by atoms with Gasteiger partial charge < -0.3 is 11.1 Å². The van der Waals surface area contributed by atoms with Gasteiger partial charge in [0, 0.05) is 24.5 Å². The van der Waals surface area contributed by atoms with Gasteiger partial charge in [-0.2, -0.15) is 5.10 Å². The standard InChI is InChI=1S/C12H14N4S/c1-8-5-9(12(13)17)3-4-11(8)15-10-6-14-16(2)7-10/h3-7,15H,1-2H3,(H2,13,17). The number of nitrogens with one attached hydrogen (secondary N) is 1. The number of rotatable bonds is 3. The summed E-state index contributed by atoms with van der Waals surface area (Å²) in [6, 6.07) is 5.85. The fourth-order valence-electron chi connectivity index (χ4n) is 1.60. The van der Waals surface area contributed by atoms with Crippen molar-refractivity contribution >= 4 is 28.6 Å². The topological polar surface area (TPSA) is 55.9 Å². The van der Waals surface area contributed by atoms with Gasteiger partial charge in [0.15, 0.2) is 0 Å². The number of benzene rings is 1. The maximum absolute atomic E-state index is 5.59. The molecule has 3 N–H and O–H groups in total. The minimum absolute atomic E-state index is 0.418. The minimum atomic E-state index is 0.418. The molecule has 0 aliphatic rings. The summed E-state index contributed by atoms with van der Waals surface area (Å²) in [4.78, 5) is 0.418. The normalized spacial score (nSPS) is 10.2. The van der Waals surface area contributed by atoms with Crippen LogP contribution in [0.4, 0.5) is 11.4 Å². The monoisotopic (exact) mass is 246 g/mol. The Kier molecular flexibility index (Phi) is 3.10. The van der Waals surface area contributed by atoms with Gasteiger partial charge in [-0.3, -0.25) is 4.68 Å². The van der Waals surface area contributed by atoms with Crippen molar-refractivity contribution in [2.75, 3.05) is 5.32 Å². The van der Waals surface area contributed by atoms with Crippen LogP contribution in [-0.4, -0.2) is 14.8 Å². The molecule has 5 heteroatoms. The summed E-state index contributed by atoms with van der Waals surface area (Å²) in [6.45, 7) is 2.01. The average molecular weight is 246 g/mol. The number of nitrogens with two attached hydrogens (primary N) is 1. The van der Waals surface area contributed by atoms with Gasteiger partial charge in [0.2, 0.25) is 0 Å². The van der Waals surface area contributed by atoms with Gasteiger partial charge in [0.05, 0.1) is 11.9 Å². The molecule has 1 aromatic heterocycles. The molecule has 4 nitrogen and oxygen atoms in total. The van der Waals surface area contributed by atoms with E-state index in [1.165, 1.54) is 0 Å². The molecule has 0 saturated heterocycles. The van der Waals surface area contributed by atoms with E-state index in [2.05, 4.69) is 10.4 Å². The molecule has 2 rings (SSSR count). The summed E-state index contributed by atoms with van der Waals surface area (Å²) in [5, 5.41) is 7.39. The third-order valence-electron chi connectivity index (χ3n) is 2.49. The van der Waals surface area contributed by atoms with Gasteiger partial charge >= 0.3 is 0 Å². The molecule has 0 aliphatic carbocycles. The lowest BCUT2D eigenvalue weighted by molar-refractivity contribution is 0.768. The van der Waals surface area contributed by atoms with Crippen molar-refractivity contribution < 1.29 is 0 Å². The van der Waals surface area contributed by atoms with Gasteiger partial charge in [-0.05, 0) is 30.7 Å². The molecule has 0 radical (unpaired) electrons. The van der Waals surface area contributed by atoms with Crippen LogP contribution < -0.4 is 11.1 Å². The molecule has 0 spiro atoms. The first-order chi connectivity index (χ1) is 8.06. The van der Waals surface area contributed by atoms with Crippen LogP contribution in [-0.2, 0) is 7.05 Å². The van der Waals surface area contributed by atoms with Crippen molar-refractivity contribution in [3.63, 3.8) is 0 Å². The quantitative estimate of drug-likeness (QED) is 0.814. The summed E-state index contributed by atoms with van der Waals surface area (Å²) < 4.78 is 1.75. The van der Waals surface area contributed by atoms with E-state index in [9.17, 15) is 0 Å². The van der Waals surface area contributed by atoms with Crippen LogP contribution in [0.1, 0.15) is 11.1 Å². The second-order valence-corrected chi connectivity index (χ2v) is 4.36. The highest BCUT2D eigenvalue weighted by Crippen LogP contribution is 2.21. The van der Waals surface area contributed by atoms with E-state index in [4.69, 9.17) is 18.0 Å². The molecule has 0 amide bonds. The molecule has 2 aromatic rings. The van der Waals surface area contributed by atoms with Crippen LogP contribution in [0.5, 0.6) is 0 Å². The van der Waals surface area contributed by atoms with Gasteiger partial charge in [0.25, 0.3) is 0 Å². The predicted molar refractivity (Wildman–Crippen MR) is 73.6 cm³/mol. The highest BCUT2D eigenvalue weighted by Gasteiger charge is 2.03. The molecule has 0 bridgehead atoms. The molecule has 1 heterocycles. The molecular weight excluding hydrogens is 232 g/mol. The molecule has 1 aromatic carbocycles. The lowest BCUT2D eigenvalue weighted by atomic mass is 10.1. The number of aryl methyl sites for hydroxylation is 2. The van der Waals surface area contributed by atoms with Crippen LogP contribution in [0.2, 0.25) is 0 Å². The van der Waals surface area contributed by atoms with Crippen molar-refractivity contribution in [1.29, 1.82) is 0 Å². The first-order valence-corrected chi connectivity index (χ1v) is 5.63. The molecule has 17 heavy (non-hydrogen) atoms. The average Bonchev–Trinajstić information content (AvgIpc) is 2.67. The fraction of sp³-hybridized carbons (Fsp3) is 0.167. The molecule has 0 unspecified atom stereocenters. The first-order valence-electron chi connectivity index (χ1n) is 5.22. The summed E-state index contributed by atoms with van der Waals surface area (Å²) in [6.07, 6.45) is 3.70. The summed E-state index contributed by atoms with van der Waals surface area (Å²) >= 11 is 4.94. The molecule has 0 aliphatic heterocycles. The van der Waals surface area contributed by atoms with Gasteiger partial charge in [-0.1, -0.05) is 12.2 Å². The van der Waals surface area contributed by atoms with Crippen molar-refractivity contribution in [3.05, 3.63) is 41.7 Å². The maximum atomic E-state index is 5.59. The highest BCUT2D eigenvalue weighted by atomic mass is 32.1. The highest BCUT2D eigenvalue weighted by molar-refractivity contribution is 7.80. The largest absolute Gasteiger partial charge is 0.389 e. The lowest BCUT2D eigenvalue weighted by Gasteiger charge is -2.09. The molecule has 88 valence electrons. The Morgan fingerprint density at radius 2 is 2.24 bits per heavy atom. The van der Waals surface area contributed by atoms with Gasteiger partial charge in [-0.25, -0.2) is 0 Å². The Labute approximate surface area is 105 Å². The van der Waals surface area contributed by atoms with Gasteiger partial charge in [-0.15, -0.1) is 0 Å². The van der Waals surface area contributed by atoms with Crippen molar-refractivity contribution in [1.82, 2.24) is 9.78 Å². The number of thiocarbonyl (C=S) groups is 1. The van der Waals surface area contributed by atoms with Crippen molar-refractivity contribution in [3.8, 4) is 0 Å². The Balaban J connectivity index is 2.25. The number of anilines is 2. The second-order valence-electron chi connectivity index (χ2n) is 3.92. The maximum Gasteiger partial charge on any atom is 0.103 e. The van der Waals surface area contributed by atoms with Crippen LogP contribution in [0.25, 0.3) is 0 Å². The van der Waals surface area contributed by atoms with Crippen LogP contribution in [0.15, 0.2) is 30.6 Å². The zero-order valence-corrected chi connectivity index (χ0v) is 10.6. The third kappa shape index (κ3) is 2.62. The van der Waals surface area contributed by atoms with Crippen molar-refractivity contribution in [2.45, 2.75) is 6.92 Å². The van der Waals surface area contributed by atoms with Crippen LogP contribution in [0, 0.1) is 6.92 Å². The first kappa shape index (κ1) is 11.6. The van der Waals surface area contributed by atoms with Crippen LogP contribution in [0.3, 0.4) is 0 Å². The Morgan fingerprint density at radius 1 is 1.47 bits per heavy atom. The lowest BCUT2D eigenvalue weighted by Crippen LogP contribution is -2.09. The van der Waals surface area contributed by atoms with E-state index in [1.807, 2.05) is 38.4 Å². The molecular formula is C12H14N4S. The summed E-state index contributed by atoms with van der Waals surface area (Å²) in [5.74, 6) is 0. The number of nitrogens with zero attached hydrogens (tertiary/aromatic N) is 2. The van der Waals surface area contributed by atoms with E-state index in [0.717, 1.165) is 22.5 Å². The zero-order chi connectivity index (χ0) is 12.4. The summed E-state index contributed by atoms with van der Waals surface area (Å²) in [5.41, 5.74) is 9.55. The van der Waals surface area contributed by atoms with Crippen molar-refractivity contribution in [2.24, 2.45) is 12.8 Å². The zero-order valence-electron chi connectivity index (χ0n) is 9.77. The predicted octanol–water partition coefficient (Wildman–Crippen LogP) is 2.11. The Bertz CT molecular complexity index is 559. The SMILES string of the molecule is Cc1cc(C(N)=S)ccc1Nc1cnn(C)c1. The number of hydrogen-bond donors (Lipinski definition) is 2. The smallest absolute Gasteiger partial charge is 0.103 e. The van der Waals surface area contributed by atoms with Gasteiger partial charge in [0.1, 0.15) is 4.99 Å². The molecule has 0 saturated carbocycles. The van der Waals surface area contributed by atoms with E-state index in [-0.39, 0.29) is 0 Å². The van der Waals surface area contributed by atoms with E-state index >= 15 is 0 Å². The molecule has 0 fully saturated rings. The molecule has 0 atom stereocenters. The van der Waals surface area contributed by atoms with E-state index in [1.54, 1.807) is 10.9 Å². The number of aromatic nitrogens is 2. The summed E-state index contributed by atoms with van der Waals surface area (Å²) in [7, 11) is 1.88. The Morgan fingerprint density at radius 3 is 2.76 bits per heavy atom. The van der Waals surface area contributed by atoms with Crippen LogP contribution >= 0.6 is 12.2 Å². The minimum Gasteiger partial charge on any atom is -0.389 e.